The number of thiophene rings is 1. The fraction of sp³-hybridized carbons (Fsp3) is 0.406. The van der Waals surface area contributed by atoms with Gasteiger partial charge in [0.1, 0.15) is 41.0 Å². The summed E-state index contributed by atoms with van der Waals surface area (Å²) in [6.07, 6.45) is -0.0592. The quantitative estimate of drug-likeness (QED) is 0.190. The lowest BCUT2D eigenvalue weighted by atomic mass is 9.93. The molecule has 4 aromatic rings. The zero-order chi connectivity index (χ0) is 33.0. The van der Waals surface area contributed by atoms with Crippen molar-refractivity contribution in [2.75, 3.05) is 43.4 Å². The summed E-state index contributed by atoms with van der Waals surface area (Å²) in [5.41, 5.74) is -0.0365. The number of ether oxygens (including phenoxy) is 1. The number of carbonyl (C=O) groups is 2. The number of fused-ring (bicyclic) bond motifs is 3. The number of carboxylic acid groups (broad SMARTS) is 1. The number of rotatable bonds is 8. The summed E-state index contributed by atoms with van der Waals surface area (Å²) in [5, 5.41) is 27.8. The summed E-state index contributed by atoms with van der Waals surface area (Å²) in [7, 11) is 0. The van der Waals surface area contributed by atoms with Gasteiger partial charge in [-0.2, -0.15) is 15.2 Å². The molecule has 2 aromatic heterocycles. The molecule has 244 valence electrons. The zero-order valence-electron chi connectivity index (χ0n) is 25.3. The number of carbonyl (C=O) groups excluding carboxylic acids is 1. The van der Waals surface area contributed by atoms with Crippen LogP contribution < -0.4 is 20.7 Å². The minimum Gasteiger partial charge on any atom is -0.465 e. The Bertz CT molecular complexity index is 2000. The third-order valence-electron chi connectivity index (χ3n) is 9.35. The van der Waals surface area contributed by atoms with Crippen molar-refractivity contribution in [3.8, 4) is 23.2 Å². The molecule has 0 spiro atoms. The van der Waals surface area contributed by atoms with Gasteiger partial charge in [0.2, 0.25) is 5.91 Å². The average Bonchev–Trinajstić information content (AvgIpc) is 3.78. The Morgan fingerprint density at radius 1 is 1.34 bits per heavy atom. The Morgan fingerprint density at radius 3 is 2.91 bits per heavy atom. The normalized spacial score (nSPS) is 22.4. The highest BCUT2D eigenvalue weighted by molar-refractivity contribution is 7.23. The molecule has 4 N–H and O–H groups in total. The Morgan fingerprint density at radius 2 is 2.17 bits per heavy atom. The second-order valence-electron chi connectivity index (χ2n) is 12.4. The molecule has 0 saturated carbocycles. The van der Waals surface area contributed by atoms with Crippen molar-refractivity contribution < 1.29 is 32.6 Å². The number of benzene rings is 2. The zero-order valence-corrected chi connectivity index (χ0v) is 26.1. The minimum absolute atomic E-state index is 0.00131. The fourth-order valence-electron chi connectivity index (χ4n) is 7.23. The van der Waals surface area contributed by atoms with Crippen LogP contribution >= 0.6 is 11.3 Å². The van der Waals surface area contributed by atoms with Crippen molar-refractivity contribution >= 4 is 55.1 Å². The molecule has 47 heavy (non-hydrogen) atoms. The second-order valence-corrected chi connectivity index (χ2v) is 13.4. The first-order chi connectivity index (χ1) is 22.6. The lowest BCUT2D eigenvalue weighted by Crippen LogP contribution is -2.43. The van der Waals surface area contributed by atoms with E-state index in [0.29, 0.717) is 49.2 Å². The van der Waals surface area contributed by atoms with Crippen LogP contribution in [0.5, 0.6) is 6.01 Å². The van der Waals surface area contributed by atoms with Crippen molar-refractivity contribution in [1.29, 1.82) is 5.26 Å². The summed E-state index contributed by atoms with van der Waals surface area (Å²) in [6.45, 7) is 3.74. The van der Waals surface area contributed by atoms with E-state index in [0.717, 1.165) is 36.8 Å². The fourth-order valence-corrected chi connectivity index (χ4v) is 8.30. The number of alkyl halides is 1. The minimum atomic E-state index is -1.43. The first-order valence-electron chi connectivity index (χ1n) is 15.3. The van der Waals surface area contributed by atoms with Crippen LogP contribution in [0.15, 0.2) is 18.2 Å². The van der Waals surface area contributed by atoms with E-state index in [4.69, 9.17) is 4.74 Å². The highest BCUT2D eigenvalue weighted by atomic mass is 32.1. The van der Waals surface area contributed by atoms with Crippen LogP contribution in [0.4, 0.5) is 28.8 Å². The number of hydrogen-bond acceptors (Lipinski definition) is 9. The van der Waals surface area contributed by atoms with Crippen LogP contribution in [-0.2, 0) is 4.79 Å². The molecule has 15 heteroatoms. The van der Waals surface area contributed by atoms with Crippen molar-refractivity contribution in [2.45, 2.75) is 44.3 Å². The molecule has 1 unspecified atom stereocenters. The van der Waals surface area contributed by atoms with E-state index in [1.54, 1.807) is 13.0 Å². The molecule has 2 aromatic carbocycles. The van der Waals surface area contributed by atoms with Crippen LogP contribution in [0.25, 0.3) is 32.1 Å². The number of hydrogen-bond donors (Lipinski definition) is 4. The van der Waals surface area contributed by atoms with E-state index in [2.05, 4.69) is 30.8 Å². The standard InChI is InChI=1S/C32H30F3N7O4S/c1-15-7-19-26(25(35)23(15)18-3-4-21(34)27-24(18)20(10-36)29(47-27)41-31(44)45)39-30(40-28(19)38-12-16-8-22(43)37-11-16)46-14-32-5-2-6-42(32)13-17(33)9-32/h3-4,7,16-17,41H,2,5-6,8-9,11-14H2,1H3,(H,37,43)(H,44,45)(H,38,39,40)/t16?,17-,32+/m1/s1. The van der Waals surface area contributed by atoms with Crippen LogP contribution in [0.3, 0.4) is 0 Å². The van der Waals surface area contributed by atoms with E-state index >= 15 is 8.78 Å². The number of halogens is 3. The van der Waals surface area contributed by atoms with Gasteiger partial charge in [0.25, 0.3) is 0 Å². The highest BCUT2D eigenvalue weighted by Gasteiger charge is 2.49. The van der Waals surface area contributed by atoms with Gasteiger partial charge in [0.15, 0.2) is 5.82 Å². The molecule has 0 bridgehead atoms. The highest BCUT2D eigenvalue weighted by Crippen LogP contribution is 2.45. The second kappa shape index (κ2) is 11.8. The summed E-state index contributed by atoms with van der Waals surface area (Å²) < 4.78 is 52.4. The van der Waals surface area contributed by atoms with Gasteiger partial charge in [-0.3, -0.25) is 15.0 Å². The van der Waals surface area contributed by atoms with Crippen LogP contribution in [-0.4, -0.2) is 76.5 Å². The number of amides is 2. The number of anilines is 2. The Hall–Kier alpha value is -4.68. The Labute approximate surface area is 270 Å². The van der Waals surface area contributed by atoms with Crippen LogP contribution in [0.2, 0.25) is 0 Å². The number of nitrogens with one attached hydrogen (secondary N) is 3. The molecule has 5 heterocycles. The summed E-state index contributed by atoms with van der Waals surface area (Å²) in [6, 6.07) is 6.03. The summed E-state index contributed by atoms with van der Waals surface area (Å²) in [5.74, 6) is -1.24. The third-order valence-corrected chi connectivity index (χ3v) is 10.5. The first kappa shape index (κ1) is 30.9. The molecule has 0 radical (unpaired) electrons. The first-order valence-corrected chi connectivity index (χ1v) is 16.1. The SMILES string of the molecule is Cc1cc2c(NCC3CNC(=O)C3)nc(OC[C@@]34CCCN3C[C@H](F)C4)nc2c(F)c1-c1ccc(F)c2sc(NC(=O)O)c(C#N)c12. The molecule has 3 aliphatic rings. The van der Waals surface area contributed by atoms with E-state index in [1.807, 2.05) is 6.07 Å². The Balaban J connectivity index is 1.35. The van der Waals surface area contributed by atoms with Gasteiger partial charge in [0, 0.05) is 54.7 Å². The van der Waals surface area contributed by atoms with E-state index in [-0.39, 0.29) is 61.7 Å². The predicted molar refractivity (Wildman–Crippen MR) is 170 cm³/mol. The van der Waals surface area contributed by atoms with Gasteiger partial charge < -0.3 is 20.5 Å². The van der Waals surface area contributed by atoms with Gasteiger partial charge in [-0.25, -0.2) is 18.0 Å². The van der Waals surface area contributed by atoms with Crippen molar-refractivity contribution in [3.05, 3.63) is 41.0 Å². The number of aryl methyl sites for hydroxylation is 1. The average molecular weight is 666 g/mol. The summed E-state index contributed by atoms with van der Waals surface area (Å²) >= 11 is 0.750. The molecular weight excluding hydrogens is 635 g/mol. The molecular formula is C32H30F3N7O4S. The van der Waals surface area contributed by atoms with Crippen LogP contribution in [0, 0.1) is 35.8 Å². The topological polar surface area (TPSA) is 152 Å². The third kappa shape index (κ3) is 5.44. The lowest BCUT2D eigenvalue weighted by molar-refractivity contribution is -0.119. The molecule has 0 aliphatic carbocycles. The number of aromatic nitrogens is 2. The molecule has 3 fully saturated rings. The smallest absolute Gasteiger partial charge is 0.409 e. The largest absolute Gasteiger partial charge is 0.465 e. The molecule has 3 atom stereocenters. The van der Waals surface area contributed by atoms with Crippen molar-refractivity contribution in [2.24, 2.45) is 5.92 Å². The maximum atomic E-state index is 16.9. The van der Waals surface area contributed by atoms with Gasteiger partial charge >= 0.3 is 12.1 Å². The van der Waals surface area contributed by atoms with Gasteiger partial charge in [-0.05, 0) is 49.6 Å². The van der Waals surface area contributed by atoms with Crippen molar-refractivity contribution in [3.63, 3.8) is 0 Å². The Kier molecular flexibility index (Phi) is 7.80. The maximum Gasteiger partial charge on any atom is 0.409 e. The molecule has 11 nitrogen and oxygen atoms in total. The number of nitriles is 1. The predicted octanol–water partition coefficient (Wildman–Crippen LogP) is 5.56. The number of nitrogens with zero attached hydrogens (tertiary/aromatic N) is 4. The molecule has 3 aliphatic heterocycles. The van der Waals surface area contributed by atoms with E-state index in [9.17, 15) is 24.3 Å². The monoisotopic (exact) mass is 665 g/mol. The maximum absolute atomic E-state index is 16.9. The van der Waals surface area contributed by atoms with E-state index < -0.39 is 29.4 Å². The van der Waals surface area contributed by atoms with Crippen molar-refractivity contribution in [1.82, 2.24) is 20.2 Å². The lowest BCUT2D eigenvalue weighted by Gasteiger charge is -2.30. The summed E-state index contributed by atoms with van der Waals surface area (Å²) in [4.78, 5) is 34.3. The molecule has 2 amide bonds. The molecule has 3 saturated heterocycles. The van der Waals surface area contributed by atoms with Crippen LogP contribution in [0.1, 0.15) is 36.8 Å². The molecule has 7 rings (SSSR count). The van der Waals surface area contributed by atoms with Gasteiger partial charge in [-0.15, -0.1) is 11.3 Å². The van der Waals surface area contributed by atoms with Gasteiger partial charge in [-0.1, -0.05) is 6.07 Å². The van der Waals surface area contributed by atoms with Gasteiger partial charge in [0.05, 0.1) is 15.8 Å². The van der Waals surface area contributed by atoms with E-state index in [1.165, 1.54) is 6.07 Å².